The van der Waals surface area contributed by atoms with Crippen LogP contribution in [0.1, 0.15) is 56.3 Å². The van der Waals surface area contributed by atoms with Crippen molar-refractivity contribution in [2.24, 2.45) is 4.99 Å². The third-order valence-electron chi connectivity index (χ3n) is 5.63. The number of ether oxygens (including phenoxy) is 1. The summed E-state index contributed by atoms with van der Waals surface area (Å²) in [5, 5.41) is 5.74. The second-order valence-electron chi connectivity index (χ2n) is 8.19. The van der Waals surface area contributed by atoms with E-state index >= 15 is 0 Å². The lowest BCUT2D eigenvalue weighted by atomic mass is 9.90. The Kier molecular flexibility index (Phi) is 7.61. The van der Waals surface area contributed by atoms with Gasteiger partial charge < -0.3 is 15.0 Å². The van der Waals surface area contributed by atoms with Crippen LogP contribution in [0.15, 0.2) is 58.2 Å². The highest BCUT2D eigenvalue weighted by Gasteiger charge is 2.41. The molecule has 0 saturated heterocycles. The zero-order valence-electron chi connectivity index (χ0n) is 19.4. The van der Waals surface area contributed by atoms with E-state index in [1.807, 2.05) is 57.1 Å². The number of aryl methyl sites for hydroxylation is 2. The number of aliphatic imine (C=N–C) groups is 1. The first kappa shape index (κ1) is 23.9. The number of nitrogens with zero attached hydrogens (tertiary/aromatic N) is 2. The number of hydrogen-bond acceptors (Lipinski definition) is 6. The molecule has 1 N–H and O–H groups in total. The molecule has 1 amide bonds. The fraction of sp³-hybridized carbons (Fsp3) is 0.400. The van der Waals surface area contributed by atoms with Crippen LogP contribution < -0.4 is 5.32 Å². The number of benzene rings is 1. The molecular formula is C25H31N3O3S. The Hall–Kier alpha value is -2.80. The molecule has 2 heterocycles. The number of fused-ring (bicyclic) bond motifs is 1. The van der Waals surface area contributed by atoms with E-state index < -0.39 is 12.0 Å². The molecule has 2 aliphatic rings. The molecule has 3 rings (SSSR count). The summed E-state index contributed by atoms with van der Waals surface area (Å²) in [7, 11) is 0. The second kappa shape index (κ2) is 10.2. The third-order valence-corrected chi connectivity index (χ3v) is 6.52. The average molecular weight is 454 g/mol. The monoisotopic (exact) mass is 453 g/mol. The van der Waals surface area contributed by atoms with Gasteiger partial charge in [0.25, 0.3) is 0 Å². The van der Waals surface area contributed by atoms with Crippen LogP contribution >= 0.6 is 11.8 Å². The van der Waals surface area contributed by atoms with Crippen LogP contribution in [0.2, 0.25) is 0 Å². The van der Waals surface area contributed by atoms with Gasteiger partial charge in [0.2, 0.25) is 5.91 Å². The van der Waals surface area contributed by atoms with Gasteiger partial charge >= 0.3 is 5.97 Å². The molecule has 0 unspecified atom stereocenters. The summed E-state index contributed by atoms with van der Waals surface area (Å²) in [6.45, 7) is 13.7. The topological polar surface area (TPSA) is 71.0 Å². The third kappa shape index (κ3) is 4.99. The van der Waals surface area contributed by atoms with Gasteiger partial charge in [0.15, 0.2) is 5.17 Å². The van der Waals surface area contributed by atoms with Crippen molar-refractivity contribution in [1.29, 1.82) is 0 Å². The lowest BCUT2D eigenvalue weighted by Gasteiger charge is -2.37. The molecule has 1 aromatic carbocycles. The number of nitrogens with one attached hydrogen (secondary N) is 1. The highest BCUT2D eigenvalue weighted by Crippen LogP contribution is 2.45. The van der Waals surface area contributed by atoms with Gasteiger partial charge in [0.05, 0.1) is 23.7 Å². The Morgan fingerprint density at radius 3 is 2.75 bits per heavy atom. The van der Waals surface area contributed by atoms with E-state index in [9.17, 15) is 9.59 Å². The fourth-order valence-electron chi connectivity index (χ4n) is 3.86. The Morgan fingerprint density at radius 2 is 2.09 bits per heavy atom. The molecule has 0 bridgehead atoms. The Labute approximate surface area is 194 Å². The van der Waals surface area contributed by atoms with E-state index in [-0.39, 0.29) is 25.0 Å². The van der Waals surface area contributed by atoms with Crippen molar-refractivity contribution in [3.8, 4) is 0 Å². The number of carbonyl (C=O) groups is 2. The normalized spacial score (nSPS) is 18.5. The minimum atomic E-state index is -0.421. The number of allylic oxidation sites excluding steroid dienone is 1. The number of amidine groups is 1. The Morgan fingerprint density at radius 1 is 1.34 bits per heavy atom. The van der Waals surface area contributed by atoms with Crippen molar-refractivity contribution < 1.29 is 14.3 Å². The van der Waals surface area contributed by atoms with E-state index in [1.165, 1.54) is 11.8 Å². The van der Waals surface area contributed by atoms with Gasteiger partial charge in [-0.1, -0.05) is 55.1 Å². The molecule has 7 heteroatoms. The molecule has 0 aromatic heterocycles. The van der Waals surface area contributed by atoms with E-state index in [0.717, 1.165) is 34.0 Å². The first-order valence-electron chi connectivity index (χ1n) is 10.9. The van der Waals surface area contributed by atoms with Crippen LogP contribution in [0.5, 0.6) is 0 Å². The van der Waals surface area contributed by atoms with Crippen LogP contribution in [-0.2, 0) is 14.3 Å². The lowest BCUT2D eigenvalue weighted by molar-refractivity contribution is -0.138. The largest absolute Gasteiger partial charge is 0.458 e. The van der Waals surface area contributed by atoms with Gasteiger partial charge in [-0.05, 0) is 50.7 Å². The standard InChI is InChI=1S/C25H31N3O3S/c1-7-11-31-24(30)22-18(6)27-25-28(23(22)20-10-9-15(3)12-16(20)4)19(14-32-25)13-21(29)26-17(5)8-2/h7,9-10,12,14,17,23H,1,8,11,13H2,2-6H3,(H,26,29)/t17-,23+/m0/s1. The zero-order chi connectivity index (χ0) is 23.4. The van der Waals surface area contributed by atoms with Crippen molar-refractivity contribution in [2.75, 3.05) is 6.61 Å². The first-order chi connectivity index (χ1) is 15.3. The molecule has 32 heavy (non-hydrogen) atoms. The molecule has 2 aliphatic heterocycles. The summed E-state index contributed by atoms with van der Waals surface area (Å²) in [4.78, 5) is 32.5. The molecule has 0 saturated carbocycles. The fourth-order valence-corrected chi connectivity index (χ4v) is 4.83. The van der Waals surface area contributed by atoms with Crippen LogP contribution in [0.25, 0.3) is 0 Å². The van der Waals surface area contributed by atoms with E-state index in [0.29, 0.717) is 11.3 Å². The predicted molar refractivity (Wildman–Crippen MR) is 130 cm³/mol. The quantitative estimate of drug-likeness (QED) is 0.447. The maximum atomic E-state index is 13.1. The van der Waals surface area contributed by atoms with Gasteiger partial charge in [-0.3, -0.25) is 4.79 Å². The maximum absolute atomic E-state index is 13.1. The van der Waals surface area contributed by atoms with Gasteiger partial charge in [-0.15, -0.1) is 0 Å². The summed E-state index contributed by atoms with van der Waals surface area (Å²) < 4.78 is 5.43. The minimum Gasteiger partial charge on any atom is -0.458 e. The van der Waals surface area contributed by atoms with E-state index in [1.54, 1.807) is 6.08 Å². The predicted octanol–water partition coefficient (Wildman–Crippen LogP) is 4.91. The van der Waals surface area contributed by atoms with Crippen LogP contribution in [0.4, 0.5) is 0 Å². The molecule has 0 aliphatic carbocycles. The number of esters is 1. The Balaban J connectivity index is 2.04. The zero-order valence-corrected chi connectivity index (χ0v) is 20.2. The van der Waals surface area contributed by atoms with E-state index in [2.05, 4.69) is 23.0 Å². The number of rotatable bonds is 8. The summed E-state index contributed by atoms with van der Waals surface area (Å²) in [6.07, 6.45) is 2.63. The second-order valence-corrected chi connectivity index (χ2v) is 9.03. The van der Waals surface area contributed by atoms with Crippen LogP contribution in [0.3, 0.4) is 0 Å². The molecule has 0 fully saturated rings. The van der Waals surface area contributed by atoms with Gasteiger partial charge in [-0.2, -0.15) is 0 Å². The SMILES string of the molecule is C=CCOC(=O)C1=C(C)N=C2SC=C(CC(=O)N[C@@H](C)CC)N2[C@@H]1c1ccc(C)cc1C. The molecule has 6 nitrogen and oxygen atoms in total. The maximum Gasteiger partial charge on any atom is 0.338 e. The van der Waals surface area contributed by atoms with Gasteiger partial charge in [-0.25, -0.2) is 9.79 Å². The van der Waals surface area contributed by atoms with Crippen LogP contribution in [-0.4, -0.2) is 34.6 Å². The smallest absolute Gasteiger partial charge is 0.338 e. The van der Waals surface area contributed by atoms with Crippen molar-refractivity contribution >= 4 is 28.8 Å². The van der Waals surface area contributed by atoms with Crippen LogP contribution in [0, 0.1) is 13.8 Å². The van der Waals surface area contributed by atoms with Crippen molar-refractivity contribution in [3.63, 3.8) is 0 Å². The highest BCUT2D eigenvalue weighted by atomic mass is 32.2. The molecular weight excluding hydrogens is 422 g/mol. The molecule has 1 aromatic rings. The highest BCUT2D eigenvalue weighted by molar-refractivity contribution is 8.16. The van der Waals surface area contributed by atoms with Gasteiger partial charge in [0.1, 0.15) is 6.61 Å². The molecule has 170 valence electrons. The van der Waals surface area contributed by atoms with Crippen molar-refractivity contribution in [1.82, 2.24) is 10.2 Å². The van der Waals surface area contributed by atoms with Crippen molar-refractivity contribution in [3.05, 3.63) is 69.9 Å². The first-order valence-corrected chi connectivity index (χ1v) is 11.7. The average Bonchev–Trinajstić information content (AvgIpc) is 3.13. The number of thioether (sulfide) groups is 1. The minimum absolute atomic E-state index is 0.0473. The summed E-state index contributed by atoms with van der Waals surface area (Å²) in [5.74, 6) is -0.468. The lowest BCUT2D eigenvalue weighted by Crippen LogP contribution is -2.39. The molecule has 0 spiro atoms. The summed E-state index contributed by atoms with van der Waals surface area (Å²) >= 11 is 1.48. The number of carbonyl (C=O) groups excluding carboxylic acids is 2. The Bertz CT molecular complexity index is 1030. The molecule has 2 atom stereocenters. The van der Waals surface area contributed by atoms with E-state index in [4.69, 9.17) is 4.74 Å². The van der Waals surface area contributed by atoms with Gasteiger partial charge in [0, 0.05) is 11.7 Å². The summed E-state index contributed by atoms with van der Waals surface area (Å²) in [5.41, 5.74) is 5.13. The van der Waals surface area contributed by atoms with Crippen molar-refractivity contribution in [2.45, 2.75) is 59.5 Å². The number of amides is 1. The number of hydrogen-bond donors (Lipinski definition) is 1. The summed E-state index contributed by atoms with van der Waals surface area (Å²) in [6, 6.07) is 5.88. The molecule has 0 radical (unpaired) electrons.